The molecular formula is C16H12F3N3O3. The van der Waals surface area contributed by atoms with Crippen LogP contribution in [0, 0.1) is 0 Å². The second kappa shape index (κ2) is 7.47. The first kappa shape index (κ1) is 18.0. The van der Waals surface area contributed by atoms with E-state index in [1.165, 1.54) is 24.4 Å². The summed E-state index contributed by atoms with van der Waals surface area (Å²) in [5.41, 5.74) is 1.28. The summed E-state index contributed by atoms with van der Waals surface area (Å²) in [4.78, 5) is 23.2. The number of hydrazone groups is 1. The zero-order valence-corrected chi connectivity index (χ0v) is 12.5. The van der Waals surface area contributed by atoms with Crippen LogP contribution < -0.4 is 10.7 Å². The Kier molecular flexibility index (Phi) is 5.38. The van der Waals surface area contributed by atoms with Gasteiger partial charge in [0.2, 0.25) is 0 Å². The normalized spacial score (nSPS) is 11.3. The van der Waals surface area contributed by atoms with E-state index in [0.29, 0.717) is 11.6 Å². The Morgan fingerprint density at radius 1 is 1.04 bits per heavy atom. The lowest BCUT2D eigenvalue weighted by Gasteiger charge is -2.09. The molecule has 9 heteroatoms. The fraction of sp³-hybridized carbons (Fsp3) is 0.0625. The van der Waals surface area contributed by atoms with E-state index in [1.54, 1.807) is 12.1 Å². The third-order valence-corrected chi connectivity index (χ3v) is 2.90. The average Bonchev–Trinajstić information content (AvgIpc) is 2.54. The van der Waals surface area contributed by atoms with Crippen molar-refractivity contribution in [1.82, 2.24) is 5.43 Å². The number of benzene rings is 2. The first-order valence-electron chi connectivity index (χ1n) is 6.86. The third kappa shape index (κ3) is 5.34. The predicted molar refractivity (Wildman–Crippen MR) is 83.9 cm³/mol. The van der Waals surface area contributed by atoms with Crippen molar-refractivity contribution in [3.8, 4) is 5.75 Å². The van der Waals surface area contributed by atoms with Gasteiger partial charge in [-0.05, 0) is 35.9 Å². The number of phenolic OH excluding ortho intramolecular Hbond substituents is 1. The van der Waals surface area contributed by atoms with Crippen molar-refractivity contribution in [3.63, 3.8) is 0 Å². The Hall–Kier alpha value is -3.36. The van der Waals surface area contributed by atoms with Gasteiger partial charge in [-0.15, -0.1) is 0 Å². The number of anilines is 1. The number of nitrogens with one attached hydrogen (secondary N) is 2. The van der Waals surface area contributed by atoms with Crippen molar-refractivity contribution in [2.45, 2.75) is 6.18 Å². The van der Waals surface area contributed by atoms with Gasteiger partial charge in [0.05, 0.1) is 11.8 Å². The number of hydrogen-bond acceptors (Lipinski definition) is 4. The van der Waals surface area contributed by atoms with Crippen LogP contribution >= 0.6 is 0 Å². The molecule has 0 fully saturated rings. The van der Waals surface area contributed by atoms with E-state index in [4.69, 9.17) is 0 Å². The second-order valence-electron chi connectivity index (χ2n) is 4.83. The highest BCUT2D eigenvalue weighted by molar-refractivity contribution is 6.39. The molecule has 2 amide bonds. The van der Waals surface area contributed by atoms with E-state index in [0.717, 1.165) is 12.1 Å². The Bertz CT molecular complexity index is 820. The van der Waals surface area contributed by atoms with Gasteiger partial charge in [-0.25, -0.2) is 5.43 Å². The molecule has 0 saturated heterocycles. The van der Waals surface area contributed by atoms with E-state index in [-0.39, 0.29) is 11.4 Å². The number of nitrogens with zero attached hydrogens (tertiary/aromatic N) is 1. The minimum absolute atomic E-state index is 0.00225. The van der Waals surface area contributed by atoms with Crippen LogP contribution in [0.1, 0.15) is 11.1 Å². The lowest BCUT2D eigenvalue weighted by atomic mass is 10.2. The van der Waals surface area contributed by atoms with Crippen LogP contribution in [0.25, 0.3) is 0 Å². The molecule has 2 aromatic rings. The van der Waals surface area contributed by atoms with E-state index in [1.807, 2.05) is 10.7 Å². The van der Waals surface area contributed by atoms with Gasteiger partial charge in [0.25, 0.3) is 0 Å². The van der Waals surface area contributed by atoms with Gasteiger partial charge in [-0.1, -0.05) is 18.2 Å². The summed E-state index contributed by atoms with van der Waals surface area (Å²) in [5.74, 6) is -2.33. The van der Waals surface area contributed by atoms with Gasteiger partial charge in [0, 0.05) is 5.69 Å². The summed E-state index contributed by atoms with van der Waals surface area (Å²) in [5, 5.41) is 14.8. The lowest BCUT2D eigenvalue weighted by molar-refractivity contribution is -0.137. The van der Waals surface area contributed by atoms with Crippen LogP contribution in [0.4, 0.5) is 18.9 Å². The summed E-state index contributed by atoms with van der Waals surface area (Å²) in [6, 6.07) is 9.84. The monoisotopic (exact) mass is 351 g/mol. The number of carbonyl (C=O) groups excluding carboxylic acids is 2. The zero-order valence-electron chi connectivity index (χ0n) is 12.5. The Morgan fingerprint density at radius 2 is 1.76 bits per heavy atom. The van der Waals surface area contributed by atoms with Crippen molar-refractivity contribution < 1.29 is 27.9 Å². The molecule has 2 aromatic carbocycles. The molecule has 0 aliphatic rings. The molecule has 0 spiro atoms. The summed E-state index contributed by atoms with van der Waals surface area (Å²) < 4.78 is 37.8. The number of alkyl halides is 3. The summed E-state index contributed by atoms with van der Waals surface area (Å²) in [6.45, 7) is 0. The number of amides is 2. The maximum absolute atomic E-state index is 12.6. The first-order valence-corrected chi connectivity index (χ1v) is 6.86. The van der Waals surface area contributed by atoms with Crippen LogP contribution in [-0.4, -0.2) is 23.1 Å². The van der Waals surface area contributed by atoms with E-state index >= 15 is 0 Å². The van der Waals surface area contributed by atoms with Gasteiger partial charge in [0.15, 0.2) is 0 Å². The van der Waals surface area contributed by atoms with Crippen molar-refractivity contribution in [3.05, 3.63) is 59.7 Å². The third-order valence-electron chi connectivity index (χ3n) is 2.90. The molecule has 0 atom stereocenters. The Balaban J connectivity index is 1.95. The Labute approximate surface area is 140 Å². The predicted octanol–water partition coefficient (Wildman–Crippen LogP) is 2.50. The van der Waals surface area contributed by atoms with Crippen molar-refractivity contribution >= 4 is 23.7 Å². The van der Waals surface area contributed by atoms with E-state index in [2.05, 4.69) is 5.10 Å². The fourth-order valence-corrected chi connectivity index (χ4v) is 1.78. The maximum Gasteiger partial charge on any atom is 0.416 e. The molecule has 0 heterocycles. The highest BCUT2D eigenvalue weighted by atomic mass is 19.4. The smallest absolute Gasteiger partial charge is 0.416 e. The molecule has 25 heavy (non-hydrogen) atoms. The summed E-state index contributed by atoms with van der Waals surface area (Å²) >= 11 is 0. The molecule has 0 aliphatic heterocycles. The van der Waals surface area contributed by atoms with Gasteiger partial charge in [0.1, 0.15) is 5.75 Å². The Morgan fingerprint density at radius 3 is 2.44 bits per heavy atom. The highest BCUT2D eigenvalue weighted by Crippen LogP contribution is 2.30. The molecule has 0 radical (unpaired) electrons. The summed E-state index contributed by atoms with van der Waals surface area (Å²) in [7, 11) is 0. The molecular weight excluding hydrogens is 339 g/mol. The van der Waals surface area contributed by atoms with Crippen molar-refractivity contribution in [2.75, 3.05) is 5.32 Å². The minimum Gasteiger partial charge on any atom is -0.508 e. The number of phenols is 1. The fourth-order valence-electron chi connectivity index (χ4n) is 1.78. The van der Waals surface area contributed by atoms with E-state index < -0.39 is 23.6 Å². The van der Waals surface area contributed by atoms with Crippen LogP contribution in [0.3, 0.4) is 0 Å². The van der Waals surface area contributed by atoms with Crippen molar-refractivity contribution in [1.29, 1.82) is 0 Å². The molecule has 0 aliphatic carbocycles. The average molecular weight is 351 g/mol. The molecule has 6 nitrogen and oxygen atoms in total. The van der Waals surface area contributed by atoms with Crippen LogP contribution in [0.2, 0.25) is 0 Å². The molecule has 0 aromatic heterocycles. The number of rotatable bonds is 3. The topological polar surface area (TPSA) is 90.8 Å². The molecule has 3 N–H and O–H groups in total. The summed E-state index contributed by atoms with van der Waals surface area (Å²) in [6.07, 6.45) is -3.37. The molecule has 2 rings (SSSR count). The van der Waals surface area contributed by atoms with Crippen LogP contribution in [-0.2, 0) is 15.8 Å². The molecule has 0 saturated carbocycles. The standard InChI is InChI=1S/C16H12F3N3O3/c17-16(18,19)11-4-2-5-12(8-11)21-14(24)15(25)22-20-9-10-3-1-6-13(23)7-10/h1-9,23H,(H,21,24)(H,22,25)/b20-9+. The number of aromatic hydroxyl groups is 1. The first-order chi connectivity index (χ1) is 11.8. The van der Waals surface area contributed by atoms with Gasteiger partial charge in [-0.3, -0.25) is 9.59 Å². The van der Waals surface area contributed by atoms with Crippen LogP contribution in [0.15, 0.2) is 53.6 Å². The lowest BCUT2D eigenvalue weighted by Crippen LogP contribution is -2.32. The maximum atomic E-state index is 12.6. The molecule has 130 valence electrons. The highest BCUT2D eigenvalue weighted by Gasteiger charge is 2.30. The number of carbonyl (C=O) groups is 2. The minimum atomic E-state index is -4.56. The van der Waals surface area contributed by atoms with Crippen LogP contribution in [0.5, 0.6) is 5.75 Å². The van der Waals surface area contributed by atoms with Gasteiger partial charge < -0.3 is 10.4 Å². The van der Waals surface area contributed by atoms with E-state index in [9.17, 15) is 27.9 Å². The second-order valence-corrected chi connectivity index (χ2v) is 4.83. The SMILES string of the molecule is O=C(N/N=C/c1cccc(O)c1)C(=O)Nc1cccc(C(F)(F)F)c1. The number of halogens is 3. The van der Waals surface area contributed by atoms with Gasteiger partial charge >= 0.3 is 18.0 Å². The van der Waals surface area contributed by atoms with Crippen molar-refractivity contribution in [2.24, 2.45) is 5.10 Å². The largest absolute Gasteiger partial charge is 0.508 e. The van der Waals surface area contributed by atoms with Gasteiger partial charge in [-0.2, -0.15) is 18.3 Å². The molecule has 0 unspecified atom stereocenters. The molecule has 0 bridgehead atoms. The zero-order chi connectivity index (χ0) is 18.4. The number of hydrogen-bond donors (Lipinski definition) is 3. The quantitative estimate of drug-likeness (QED) is 0.451.